The summed E-state index contributed by atoms with van der Waals surface area (Å²) < 4.78 is 17.9. The molecule has 1 aromatic carbocycles. The van der Waals surface area contributed by atoms with Crippen LogP contribution in [-0.4, -0.2) is 6.61 Å². The lowest BCUT2D eigenvalue weighted by Crippen LogP contribution is -1.97. The van der Waals surface area contributed by atoms with Gasteiger partial charge in [-0.25, -0.2) is 4.39 Å². The van der Waals surface area contributed by atoms with E-state index >= 15 is 0 Å². The van der Waals surface area contributed by atoms with Gasteiger partial charge in [0.1, 0.15) is 18.2 Å². The van der Waals surface area contributed by atoms with Gasteiger partial charge in [-0.15, -0.1) is 0 Å². The lowest BCUT2D eigenvalue weighted by atomic mass is 10.2. The van der Waals surface area contributed by atoms with Crippen LogP contribution in [0.5, 0.6) is 5.75 Å². The first-order valence-electron chi connectivity index (χ1n) is 4.00. The Kier molecular flexibility index (Phi) is 3.27. The molecule has 1 aromatic rings. The molecule has 3 heteroatoms. The third-order valence-electron chi connectivity index (χ3n) is 1.62. The molecule has 13 heavy (non-hydrogen) atoms. The predicted octanol–water partition coefficient (Wildman–Crippen LogP) is 2.43. The van der Waals surface area contributed by atoms with Crippen molar-refractivity contribution in [1.82, 2.24) is 0 Å². The van der Waals surface area contributed by atoms with E-state index in [0.717, 1.165) is 5.56 Å². The fourth-order valence-electron chi connectivity index (χ4n) is 0.936. The molecule has 0 bridgehead atoms. The van der Waals surface area contributed by atoms with E-state index < -0.39 is 0 Å². The molecular weight excluding hydrogens is 169 g/mol. The number of nitriles is 1. The zero-order chi connectivity index (χ0) is 9.68. The number of rotatable bonds is 3. The summed E-state index contributed by atoms with van der Waals surface area (Å²) in [5.74, 6) is 0.188. The normalized spacial score (nSPS) is 9.31. The molecule has 0 aliphatic heterocycles. The van der Waals surface area contributed by atoms with E-state index in [4.69, 9.17) is 10.00 Å². The van der Waals surface area contributed by atoms with Crippen LogP contribution in [0.15, 0.2) is 18.2 Å². The second-order valence-electron chi connectivity index (χ2n) is 2.67. The van der Waals surface area contributed by atoms with Crippen LogP contribution in [0.25, 0.3) is 0 Å². The second kappa shape index (κ2) is 4.46. The zero-order valence-corrected chi connectivity index (χ0v) is 7.38. The molecule has 0 aromatic heterocycles. The van der Waals surface area contributed by atoms with Crippen LogP contribution in [0.1, 0.15) is 12.0 Å². The van der Waals surface area contributed by atoms with Gasteiger partial charge in [-0.1, -0.05) is 6.07 Å². The van der Waals surface area contributed by atoms with Gasteiger partial charge in [0, 0.05) is 6.07 Å². The van der Waals surface area contributed by atoms with Gasteiger partial charge < -0.3 is 4.74 Å². The minimum absolute atomic E-state index is 0.306. The van der Waals surface area contributed by atoms with Crippen LogP contribution in [0.3, 0.4) is 0 Å². The Balaban J connectivity index is 2.65. The van der Waals surface area contributed by atoms with Crippen molar-refractivity contribution >= 4 is 0 Å². The van der Waals surface area contributed by atoms with Gasteiger partial charge in [0.05, 0.1) is 12.5 Å². The number of nitrogens with zero attached hydrogens (tertiary/aromatic N) is 1. The van der Waals surface area contributed by atoms with E-state index in [1.807, 2.05) is 13.0 Å². The standard InChI is InChI=1S/C10H10FNO/c1-8-3-4-9(11)7-10(8)13-6-2-5-12/h3-4,7H,2,6H2,1H3. The van der Waals surface area contributed by atoms with E-state index in [1.165, 1.54) is 12.1 Å². The van der Waals surface area contributed by atoms with Crippen LogP contribution in [0, 0.1) is 24.1 Å². The van der Waals surface area contributed by atoms with Crippen molar-refractivity contribution in [2.45, 2.75) is 13.3 Å². The van der Waals surface area contributed by atoms with Gasteiger partial charge in [0.15, 0.2) is 0 Å². The lowest BCUT2D eigenvalue weighted by Gasteiger charge is -2.06. The van der Waals surface area contributed by atoms with Crippen molar-refractivity contribution in [3.05, 3.63) is 29.6 Å². The Morgan fingerprint density at radius 2 is 2.31 bits per heavy atom. The molecule has 0 atom stereocenters. The molecule has 0 spiro atoms. The number of hydrogen-bond acceptors (Lipinski definition) is 2. The van der Waals surface area contributed by atoms with Crippen molar-refractivity contribution in [3.63, 3.8) is 0 Å². The molecule has 0 radical (unpaired) electrons. The molecular formula is C10H10FNO. The highest BCUT2D eigenvalue weighted by Crippen LogP contribution is 2.18. The number of halogens is 1. The molecule has 0 amide bonds. The smallest absolute Gasteiger partial charge is 0.126 e. The number of hydrogen-bond donors (Lipinski definition) is 0. The minimum atomic E-state index is -0.322. The second-order valence-corrected chi connectivity index (χ2v) is 2.67. The third kappa shape index (κ3) is 2.75. The first-order chi connectivity index (χ1) is 6.24. The Morgan fingerprint density at radius 1 is 1.54 bits per heavy atom. The van der Waals surface area contributed by atoms with Crippen molar-refractivity contribution in [3.8, 4) is 11.8 Å². The van der Waals surface area contributed by atoms with Gasteiger partial charge in [-0.2, -0.15) is 5.26 Å². The summed E-state index contributed by atoms with van der Waals surface area (Å²) in [4.78, 5) is 0. The molecule has 0 fully saturated rings. The summed E-state index contributed by atoms with van der Waals surface area (Å²) in [7, 11) is 0. The Morgan fingerprint density at radius 3 is 3.00 bits per heavy atom. The van der Waals surface area contributed by atoms with Crippen molar-refractivity contribution < 1.29 is 9.13 Å². The molecule has 0 unspecified atom stereocenters. The first-order valence-corrected chi connectivity index (χ1v) is 4.00. The van der Waals surface area contributed by atoms with Crippen LogP contribution >= 0.6 is 0 Å². The van der Waals surface area contributed by atoms with E-state index in [1.54, 1.807) is 6.07 Å². The van der Waals surface area contributed by atoms with E-state index in [2.05, 4.69) is 0 Å². The van der Waals surface area contributed by atoms with Gasteiger partial charge in [0.25, 0.3) is 0 Å². The van der Waals surface area contributed by atoms with Gasteiger partial charge in [-0.3, -0.25) is 0 Å². The summed E-state index contributed by atoms with van der Waals surface area (Å²) in [5.41, 5.74) is 0.874. The molecule has 0 aliphatic rings. The maximum Gasteiger partial charge on any atom is 0.126 e. The predicted molar refractivity (Wildman–Crippen MR) is 46.9 cm³/mol. The largest absolute Gasteiger partial charge is 0.492 e. The summed E-state index contributed by atoms with van der Waals surface area (Å²) in [6.07, 6.45) is 0.315. The third-order valence-corrected chi connectivity index (χ3v) is 1.62. The molecule has 0 aliphatic carbocycles. The topological polar surface area (TPSA) is 33.0 Å². The highest BCUT2D eigenvalue weighted by atomic mass is 19.1. The van der Waals surface area contributed by atoms with Crippen molar-refractivity contribution in [2.75, 3.05) is 6.61 Å². The average molecular weight is 179 g/mol. The molecule has 0 heterocycles. The quantitative estimate of drug-likeness (QED) is 0.667. The van der Waals surface area contributed by atoms with Crippen molar-refractivity contribution in [1.29, 1.82) is 5.26 Å². The SMILES string of the molecule is Cc1ccc(F)cc1OCCC#N. The van der Waals surface area contributed by atoms with Crippen molar-refractivity contribution in [2.24, 2.45) is 0 Å². The summed E-state index contributed by atoms with van der Waals surface area (Å²) in [5, 5.41) is 8.26. The van der Waals surface area contributed by atoms with E-state index in [-0.39, 0.29) is 5.82 Å². The molecule has 68 valence electrons. The Hall–Kier alpha value is -1.56. The summed E-state index contributed by atoms with van der Waals surface area (Å²) >= 11 is 0. The van der Waals surface area contributed by atoms with E-state index in [0.29, 0.717) is 18.8 Å². The molecule has 2 nitrogen and oxygen atoms in total. The van der Waals surface area contributed by atoms with Crippen LogP contribution in [-0.2, 0) is 0 Å². The highest BCUT2D eigenvalue weighted by Gasteiger charge is 2.00. The van der Waals surface area contributed by atoms with Crippen LogP contribution < -0.4 is 4.74 Å². The highest BCUT2D eigenvalue weighted by molar-refractivity contribution is 5.32. The molecule has 0 saturated carbocycles. The molecule has 0 N–H and O–H groups in total. The lowest BCUT2D eigenvalue weighted by molar-refractivity contribution is 0.322. The summed E-state index contributed by atoms with van der Waals surface area (Å²) in [6.45, 7) is 2.14. The maximum atomic E-state index is 12.7. The Labute approximate surface area is 76.6 Å². The maximum absolute atomic E-state index is 12.7. The molecule has 1 rings (SSSR count). The summed E-state index contributed by atoms with van der Waals surface area (Å²) in [6, 6.07) is 6.31. The Bertz CT molecular complexity index is 330. The molecule has 0 saturated heterocycles. The monoisotopic (exact) mass is 179 g/mol. The average Bonchev–Trinajstić information content (AvgIpc) is 2.11. The number of benzene rings is 1. The minimum Gasteiger partial charge on any atom is -0.492 e. The number of aryl methyl sites for hydroxylation is 1. The first kappa shape index (κ1) is 9.53. The van der Waals surface area contributed by atoms with E-state index in [9.17, 15) is 4.39 Å². The van der Waals surface area contributed by atoms with Crippen LogP contribution in [0.2, 0.25) is 0 Å². The van der Waals surface area contributed by atoms with Gasteiger partial charge in [-0.05, 0) is 18.6 Å². The fraction of sp³-hybridized carbons (Fsp3) is 0.300. The van der Waals surface area contributed by atoms with Gasteiger partial charge in [0.2, 0.25) is 0 Å². The van der Waals surface area contributed by atoms with Crippen LogP contribution in [0.4, 0.5) is 4.39 Å². The van der Waals surface area contributed by atoms with Gasteiger partial charge >= 0.3 is 0 Å². The fourth-order valence-corrected chi connectivity index (χ4v) is 0.936. The number of ether oxygens (including phenoxy) is 1. The zero-order valence-electron chi connectivity index (χ0n) is 7.38.